The third-order valence-corrected chi connectivity index (χ3v) is 8.63. The molecule has 0 aliphatic heterocycles. The van der Waals surface area contributed by atoms with Crippen LogP contribution in [0.2, 0.25) is 0 Å². The van der Waals surface area contributed by atoms with Gasteiger partial charge in [0.25, 0.3) is 5.91 Å². The molecular formula is C25H30N2O3S2. The number of nitrogens with one attached hydrogen (secondary N) is 1. The first-order chi connectivity index (χ1) is 15.5. The van der Waals surface area contributed by atoms with E-state index in [1.165, 1.54) is 23.3 Å². The quantitative estimate of drug-likeness (QED) is 0.505. The average molecular weight is 471 g/mol. The zero-order valence-electron chi connectivity index (χ0n) is 18.6. The van der Waals surface area contributed by atoms with E-state index in [-0.39, 0.29) is 11.8 Å². The van der Waals surface area contributed by atoms with Crippen molar-refractivity contribution in [2.45, 2.75) is 71.1 Å². The maximum atomic E-state index is 13.2. The molecule has 1 amide bonds. The molecule has 170 valence electrons. The number of aryl methyl sites for hydroxylation is 2. The van der Waals surface area contributed by atoms with Crippen LogP contribution < -0.4 is 5.32 Å². The van der Waals surface area contributed by atoms with Gasteiger partial charge < -0.3 is 9.84 Å². The van der Waals surface area contributed by atoms with Crippen LogP contribution >= 0.6 is 23.6 Å². The Bertz CT molecular complexity index is 1050. The first-order valence-electron chi connectivity index (χ1n) is 11.8. The molecule has 2 fully saturated rings. The number of ketones is 1. The van der Waals surface area contributed by atoms with Crippen molar-refractivity contribution in [2.24, 2.45) is 17.8 Å². The summed E-state index contributed by atoms with van der Waals surface area (Å²) < 4.78 is 5.04. The molecule has 0 unspecified atom stereocenters. The summed E-state index contributed by atoms with van der Waals surface area (Å²) in [7, 11) is 0. The van der Waals surface area contributed by atoms with E-state index in [0.717, 1.165) is 71.6 Å². The maximum Gasteiger partial charge on any atom is 0.252 e. The zero-order chi connectivity index (χ0) is 22.2. The van der Waals surface area contributed by atoms with E-state index in [2.05, 4.69) is 10.5 Å². The van der Waals surface area contributed by atoms with Gasteiger partial charge in [-0.1, -0.05) is 17.4 Å². The highest BCUT2D eigenvalue weighted by molar-refractivity contribution is 7.80. The van der Waals surface area contributed by atoms with Crippen molar-refractivity contribution in [3.8, 4) is 0 Å². The fourth-order valence-corrected chi connectivity index (χ4v) is 6.47. The Hall–Kier alpha value is -1.86. The smallest absolute Gasteiger partial charge is 0.252 e. The van der Waals surface area contributed by atoms with E-state index < -0.39 is 0 Å². The van der Waals surface area contributed by atoms with Gasteiger partial charge in [0.15, 0.2) is 0 Å². The molecule has 5 rings (SSSR count). The van der Waals surface area contributed by atoms with Gasteiger partial charge >= 0.3 is 0 Å². The lowest BCUT2D eigenvalue weighted by Crippen LogP contribution is -2.28. The summed E-state index contributed by atoms with van der Waals surface area (Å²) >= 11 is 7.41. The lowest BCUT2D eigenvalue weighted by Gasteiger charge is -2.23. The number of fused-ring (bicyclic) bond motifs is 1. The van der Waals surface area contributed by atoms with Crippen LogP contribution in [0.3, 0.4) is 0 Å². The Morgan fingerprint density at radius 1 is 1.19 bits per heavy atom. The summed E-state index contributed by atoms with van der Waals surface area (Å²) in [6.07, 6.45) is 11.1. The second-order valence-corrected chi connectivity index (χ2v) is 11.6. The maximum absolute atomic E-state index is 13.2. The molecule has 2 aromatic rings. The molecule has 2 heterocycles. The van der Waals surface area contributed by atoms with Crippen molar-refractivity contribution >= 4 is 40.1 Å². The van der Waals surface area contributed by atoms with Gasteiger partial charge in [0.1, 0.15) is 12.0 Å². The molecule has 1 atom stereocenters. The van der Waals surface area contributed by atoms with Crippen LogP contribution in [-0.4, -0.2) is 28.3 Å². The Labute approximate surface area is 198 Å². The highest BCUT2D eigenvalue weighted by Crippen LogP contribution is 2.40. The minimum atomic E-state index is 0.0244. The first kappa shape index (κ1) is 22.0. The third kappa shape index (κ3) is 5.04. The Morgan fingerprint density at radius 2 is 2.00 bits per heavy atom. The Morgan fingerprint density at radius 3 is 2.69 bits per heavy atom. The second-order valence-electron chi connectivity index (χ2n) is 9.83. The number of Topliss-reactive ketones (excluding diaryl/α,β-unsaturated/α-hetero) is 1. The van der Waals surface area contributed by atoms with Crippen molar-refractivity contribution in [1.82, 2.24) is 10.5 Å². The highest BCUT2D eigenvalue weighted by Gasteiger charge is 2.34. The second kappa shape index (κ2) is 9.18. The van der Waals surface area contributed by atoms with E-state index in [0.29, 0.717) is 30.5 Å². The molecule has 5 nitrogen and oxygen atoms in total. The molecule has 3 aliphatic carbocycles. The van der Waals surface area contributed by atoms with Crippen molar-refractivity contribution in [3.05, 3.63) is 38.4 Å². The predicted molar refractivity (Wildman–Crippen MR) is 128 cm³/mol. The minimum Gasteiger partial charge on any atom is -0.364 e. The average Bonchev–Trinajstić information content (AvgIpc) is 3.68. The highest BCUT2D eigenvalue weighted by atomic mass is 32.1. The molecule has 3 aliphatic rings. The SMILES string of the molecule is Cc1nocc1CC(=S)C[C@H]1CCc2sc(CC(=O)C3CC3)c(C(=O)NCC3CC3)c2C1. The zero-order valence-corrected chi connectivity index (χ0v) is 20.2. The van der Waals surface area contributed by atoms with E-state index >= 15 is 0 Å². The van der Waals surface area contributed by atoms with Gasteiger partial charge in [-0.3, -0.25) is 9.59 Å². The van der Waals surface area contributed by atoms with Gasteiger partial charge in [-0.05, 0) is 80.6 Å². The third-order valence-electron chi connectivity index (χ3n) is 7.03. The van der Waals surface area contributed by atoms with Crippen LogP contribution in [0.1, 0.15) is 75.5 Å². The molecule has 32 heavy (non-hydrogen) atoms. The molecule has 7 heteroatoms. The molecule has 1 N–H and O–H groups in total. The van der Waals surface area contributed by atoms with E-state index in [9.17, 15) is 9.59 Å². The number of thiocarbonyl (C=S) groups is 1. The van der Waals surface area contributed by atoms with E-state index in [4.69, 9.17) is 16.7 Å². The summed E-state index contributed by atoms with van der Waals surface area (Å²) in [5, 5.41) is 7.11. The van der Waals surface area contributed by atoms with Gasteiger partial charge in [0.2, 0.25) is 0 Å². The Kier molecular flexibility index (Phi) is 6.30. The molecule has 0 radical (unpaired) electrons. The number of carbonyl (C=O) groups excluding carboxylic acids is 2. The number of aromatic nitrogens is 1. The van der Waals surface area contributed by atoms with Crippen molar-refractivity contribution in [1.29, 1.82) is 0 Å². The summed E-state index contributed by atoms with van der Waals surface area (Å²) in [5.41, 5.74) is 3.95. The number of hydrogen-bond donors (Lipinski definition) is 1. The summed E-state index contributed by atoms with van der Waals surface area (Å²) in [4.78, 5) is 29.1. The number of hydrogen-bond acceptors (Lipinski definition) is 6. The van der Waals surface area contributed by atoms with E-state index in [1.807, 2.05) is 6.92 Å². The molecule has 2 aromatic heterocycles. The summed E-state index contributed by atoms with van der Waals surface area (Å²) in [5.74, 6) is 1.63. The molecule has 0 saturated heterocycles. The molecule has 0 aromatic carbocycles. The van der Waals surface area contributed by atoms with Gasteiger partial charge in [0.05, 0.1) is 11.3 Å². The largest absolute Gasteiger partial charge is 0.364 e. The lowest BCUT2D eigenvalue weighted by atomic mass is 9.82. The van der Waals surface area contributed by atoms with Gasteiger partial charge in [-0.2, -0.15) is 0 Å². The summed E-state index contributed by atoms with van der Waals surface area (Å²) in [6, 6.07) is 0. The van der Waals surface area contributed by atoms with Crippen LogP contribution in [-0.2, 0) is 30.5 Å². The van der Waals surface area contributed by atoms with Crippen LogP contribution in [0, 0.1) is 24.7 Å². The molecular weight excluding hydrogens is 440 g/mol. The summed E-state index contributed by atoms with van der Waals surface area (Å²) in [6.45, 7) is 2.70. The number of amides is 1. The van der Waals surface area contributed by atoms with Crippen molar-refractivity contribution in [3.63, 3.8) is 0 Å². The van der Waals surface area contributed by atoms with Crippen LogP contribution in [0.5, 0.6) is 0 Å². The topological polar surface area (TPSA) is 72.2 Å². The van der Waals surface area contributed by atoms with Crippen LogP contribution in [0.15, 0.2) is 10.8 Å². The van der Waals surface area contributed by atoms with Gasteiger partial charge in [0, 0.05) is 40.6 Å². The molecule has 0 bridgehead atoms. The van der Waals surface area contributed by atoms with Crippen LogP contribution in [0.25, 0.3) is 0 Å². The van der Waals surface area contributed by atoms with Gasteiger partial charge in [-0.15, -0.1) is 11.3 Å². The van der Waals surface area contributed by atoms with Gasteiger partial charge in [-0.25, -0.2) is 0 Å². The molecule has 2 saturated carbocycles. The lowest BCUT2D eigenvalue weighted by molar-refractivity contribution is -0.119. The number of carbonyl (C=O) groups is 2. The van der Waals surface area contributed by atoms with Crippen LogP contribution in [0.4, 0.5) is 0 Å². The van der Waals surface area contributed by atoms with E-state index in [1.54, 1.807) is 17.6 Å². The first-order valence-corrected chi connectivity index (χ1v) is 13.1. The predicted octanol–water partition coefficient (Wildman–Crippen LogP) is 4.81. The standard InChI is InChI=1S/C25H30N2O3S2/c1-14-18(13-30-27-14)10-19(31)8-16-4-7-22-20(9-16)24(25(29)26-12-15-2-3-15)23(32-22)11-21(28)17-5-6-17/h13,15-17H,2-12H2,1H3,(H,26,29)/t16-/m1/s1. The Balaban J connectivity index is 1.31. The fraction of sp³-hybridized carbons (Fsp3) is 0.600. The molecule has 0 spiro atoms. The fourth-order valence-electron chi connectivity index (χ4n) is 4.72. The van der Waals surface area contributed by atoms with Crippen molar-refractivity contribution < 1.29 is 14.1 Å². The monoisotopic (exact) mass is 470 g/mol. The minimum absolute atomic E-state index is 0.0244. The number of rotatable bonds is 10. The number of thiophene rings is 1. The van der Waals surface area contributed by atoms with Crippen molar-refractivity contribution in [2.75, 3.05) is 6.54 Å². The number of nitrogens with zero attached hydrogens (tertiary/aromatic N) is 1. The normalized spacial score (nSPS) is 20.1.